The molecule has 5 heteroatoms. The Labute approximate surface area is 131 Å². The zero-order valence-electron chi connectivity index (χ0n) is 13.0. The summed E-state index contributed by atoms with van der Waals surface area (Å²) in [6.07, 6.45) is 2.40. The molecule has 1 aromatic carbocycles. The van der Waals surface area contributed by atoms with Gasteiger partial charge in [0, 0.05) is 37.8 Å². The molecule has 0 spiro atoms. The molecule has 1 heterocycles. The maximum Gasteiger partial charge on any atom is 0.251 e. The lowest BCUT2D eigenvalue weighted by molar-refractivity contribution is 0.0342. The van der Waals surface area contributed by atoms with Crippen molar-refractivity contribution >= 4 is 5.91 Å². The zero-order valence-corrected chi connectivity index (χ0v) is 13.0. The standard InChI is InChI=1S/C17H25N3O2/c18-16(14-4-5-14)11-19-17(21)15-3-1-2-13(10-15)12-20-6-8-22-9-7-20/h1-3,10,14,16H,4-9,11-12,18H2,(H,19,21). The molecule has 0 bridgehead atoms. The molecular weight excluding hydrogens is 278 g/mol. The summed E-state index contributed by atoms with van der Waals surface area (Å²) in [5.74, 6) is 0.577. The Morgan fingerprint density at radius 3 is 2.86 bits per heavy atom. The number of amides is 1. The van der Waals surface area contributed by atoms with Gasteiger partial charge in [0.1, 0.15) is 0 Å². The van der Waals surface area contributed by atoms with E-state index in [2.05, 4.69) is 16.3 Å². The van der Waals surface area contributed by atoms with Crippen molar-refractivity contribution in [1.82, 2.24) is 10.2 Å². The predicted molar refractivity (Wildman–Crippen MR) is 85.6 cm³/mol. The molecule has 1 saturated heterocycles. The molecule has 0 aromatic heterocycles. The summed E-state index contributed by atoms with van der Waals surface area (Å²) < 4.78 is 5.36. The summed E-state index contributed by atoms with van der Waals surface area (Å²) in [6, 6.07) is 7.96. The molecule has 1 unspecified atom stereocenters. The first-order chi connectivity index (χ1) is 10.7. The number of hydrogen-bond acceptors (Lipinski definition) is 4. The molecule has 2 aliphatic rings. The molecule has 1 aromatic rings. The van der Waals surface area contributed by atoms with E-state index in [1.807, 2.05) is 18.2 Å². The highest BCUT2D eigenvalue weighted by molar-refractivity contribution is 5.94. The molecule has 3 N–H and O–H groups in total. The molecule has 1 saturated carbocycles. The Morgan fingerprint density at radius 2 is 2.14 bits per heavy atom. The molecule has 2 fully saturated rings. The van der Waals surface area contributed by atoms with E-state index in [9.17, 15) is 4.79 Å². The van der Waals surface area contributed by atoms with Gasteiger partial charge in [-0.05, 0) is 36.5 Å². The maximum atomic E-state index is 12.2. The normalized spacial score (nSPS) is 20.6. The average Bonchev–Trinajstić information content (AvgIpc) is 3.38. The van der Waals surface area contributed by atoms with Crippen LogP contribution in [0, 0.1) is 5.92 Å². The minimum Gasteiger partial charge on any atom is -0.379 e. The van der Waals surface area contributed by atoms with E-state index in [0.29, 0.717) is 18.0 Å². The maximum absolute atomic E-state index is 12.2. The lowest BCUT2D eigenvalue weighted by Crippen LogP contribution is -2.38. The minimum atomic E-state index is -0.0278. The van der Waals surface area contributed by atoms with Gasteiger partial charge in [-0.2, -0.15) is 0 Å². The van der Waals surface area contributed by atoms with Crippen molar-refractivity contribution in [2.45, 2.75) is 25.4 Å². The van der Waals surface area contributed by atoms with Gasteiger partial charge in [-0.3, -0.25) is 9.69 Å². The Kier molecular flexibility index (Phi) is 5.08. The number of hydrogen-bond donors (Lipinski definition) is 2. The van der Waals surface area contributed by atoms with Crippen molar-refractivity contribution in [2.75, 3.05) is 32.8 Å². The van der Waals surface area contributed by atoms with Gasteiger partial charge < -0.3 is 15.8 Å². The van der Waals surface area contributed by atoms with Crippen LogP contribution in [0.3, 0.4) is 0 Å². The molecule has 22 heavy (non-hydrogen) atoms. The van der Waals surface area contributed by atoms with Gasteiger partial charge in [-0.15, -0.1) is 0 Å². The number of carbonyl (C=O) groups is 1. The molecular formula is C17H25N3O2. The number of morpholine rings is 1. The lowest BCUT2D eigenvalue weighted by atomic mass is 10.1. The molecule has 1 aliphatic carbocycles. The van der Waals surface area contributed by atoms with E-state index in [1.54, 1.807) is 0 Å². The zero-order chi connectivity index (χ0) is 15.4. The quantitative estimate of drug-likeness (QED) is 0.822. The van der Waals surface area contributed by atoms with Crippen LogP contribution in [-0.2, 0) is 11.3 Å². The van der Waals surface area contributed by atoms with Gasteiger partial charge in [-0.25, -0.2) is 0 Å². The first kappa shape index (κ1) is 15.5. The Balaban J connectivity index is 1.53. The van der Waals surface area contributed by atoms with E-state index in [-0.39, 0.29) is 11.9 Å². The van der Waals surface area contributed by atoms with Gasteiger partial charge >= 0.3 is 0 Å². The Hall–Kier alpha value is -1.43. The fourth-order valence-electron chi connectivity index (χ4n) is 2.83. The van der Waals surface area contributed by atoms with E-state index in [1.165, 1.54) is 18.4 Å². The first-order valence-corrected chi connectivity index (χ1v) is 8.15. The van der Waals surface area contributed by atoms with Crippen LogP contribution in [0.1, 0.15) is 28.8 Å². The highest BCUT2D eigenvalue weighted by Crippen LogP contribution is 2.31. The van der Waals surface area contributed by atoms with Gasteiger partial charge in [-0.1, -0.05) is 12.1 Å². The highest BCUT2D eigenvalue weighted by Gasteiger charge is 2.28. The fourth-order valence-corrected chi connectivity index (χ4v) is 2.83. The van der Waals surface area contributed by atoms with Crippen LogP contribution in [0.2, 0.25) is 0 Å². The van der Waals surface area contributed by atoms with Gasteiger partial charge in [0.2, 0.25) is 0 Å². The molecule has 0 radical (unpaired) electrons. The smallest absolute Gasteiger partial charge is 0.251 e. The van der Waals surface area contributed by atoms with Gasteiger partial charge in [0.15, 0.2) is 0 Å². The monoisotopic (exact) mass is 303 g/mol. The Bertz CT molecular complexity index is 510. The third-order valence-electron chi connectivity index (χ3n) is 4.42. The number of nitrogens with one attached hydrogen (secondary N) is 1. The lowest BCUT2D eigenvalue weighted by Gasteiger charge is -2.26. The third kappa shape index (κ3) is 4.29. The van der Waals surface area contributed by atoms with Crippen molar-refractivity contribution in [2.24, 2.45) is 11.7 Å². The number of nitrogens with zero attached hydrogens (tertiary/aromatic N) is 1. The number of ether oxygens (including phenoxy) is 1. The van der Waals surface area contributed by atoms with Crippen LogP contribution in [0.5, 0.6) is 0 Å². The largest absolute Gasteiger partial charge is 0.379 e. The van der Waals surface area contributed by atoms with Crippen LogP contribution >= 0.6 is 0 Å². The SMILES string of the molecule is NC(CNC(=O)c1cccc(CN2CCOCC2)c1)C1CC1. The molecule has 1 atom stereocenters. The second-order valence-electron chi connectivity index (χ2n) is 6.30. The predicted octanol–water partition coefficient (Wildman–Crippen LogP) is 0.986. The second kappa shape index (κ2) is 7.22. The van der Waals surface area contributed by atoms with Gasteiger partial charge in [0.05, 0.1) is 13.2 Å². The number of benzene rings is 1. The first-order valence-electron chi connectivity index (χ1n) is 8.15. The number of carbonyl (C=O) groups excluding carboxylic acids is 1. The highest BCUT2D eigenvalue weighted by atomic mass is 16.5. The van der Waals surface area contributed by atoms with Crippen molar-refractivity contribution < 1.29 is 9.53 Å². The van der Waals surface area contributed by atoms with Crippen molar-refractivity contribution in [1.29, 1.82) is 0 Å². The van der Waals surface area contributed by atoms with Crippen LogP contribution in [0.4, 0.5) is 0 Å². The van der Waals surface area contributed by atoms with E-state index in [4.69, 9.17) is 10.5 Å². The van der Waals surface area contributed by atoms with Crippen LogP contribution in [0.25, 0.3) is 0 Å². The molecule has 1 aliphatic heterocycles. The van der Waals surface area contributed by atoms with E-state index in [0.717, 1.165) is 32.8 Å². The van der Waals surface area contributed by atoms with Crippen LogP contribution < -0.4 is 11.1 Å². The van der Waals surface area contributed by atoms with E-state index < -0.39 is 0 Å². The topological polar surface area (TPSA) is 67.6 Å². The summed E-state index contributed by atoms with van der Waals surface area (Å²) in [4.78, 5) is 14.6. The molecule has 3 rings (SSSR count). The number of nitrogens with two attached hydrogens (primary N) is 1. The van der Waals surface area contributed by atoms with Crippen LogP contribution in [0.15, 0.2) is 24.3 Å². The van der Waals surface area contributed by atoms with Crippen molar-refractivity contribution in [3.63, 3.8) is 0 Å². The summed E-state index contributed by atoms with van der Waals surface area (Å²) >= 11 is 0. The van der Waals surface area contributed by atoms with Crippen LogP contribution in [-0.4, -0.2) is 49.7 Å². The Morgan fingerprint density at radius 1 is 1.36 bits per heavy atom. The van der Waals surface area contributed by atoms with Gasteiger partial charge in [0.25, 0.3) is 5.91 Å². The fraction of sp³-hybridized carbons (Fsp3) is 0.588. The average molecular weight is 303 g/mol. The summed E-state index contributed by atoms with van der Waals surface area (Å²) in [6.45, 7) is 4.92. The minimum absolute atomic E-state index is 0.0278. The second-order valence-corrected chi connectivity index (χ2v) is 6.30. The molecule has 120 valence electrons. The van der Waals surface area contributed by atoms with E-state index >= 15 is 0 Å². The van der Waals surface area contributed by atoms with Crippen molar-refractivity contribution in [3.8, 4) is 0 Å². The molecule has 1 amide bonds. The summed E-state index contributed by atoms with van der Waals surface area (Å²) in [5, 5.41) is 2.95. The third-order valence-corrected chi connectivity index (χ3v) is 4.42. The summed E-state index contributed by atoms with van der Waals surface area (Å²) in [5.41, 5.74) is 7.91. The van der Waals surface area contributed by atoms with Crippen molar-refractivity contribution in [3.05, 3.63) is 35.4 Å². The number of rotatable bonds is 6. The molecule has 5 nitrogen and oxygen atoms in total. The summed E-state index contributed by atoms with van der Waals surface area (Å²) in [7, 11) is 0.